The number of fused-ring (bicyclic) bond motifs is 1. The third-order valence-electron chi connectivity index (χ3n) is 4.34. The molecule has 2 aliphatic rings. The minimum Gasteiger partial charge on any atom is -0.478 e. The Morgan fingerprint density at radius 1 is 1.20 bits per heavy atom. The Bertz CT molecular complexity index is 850. The summed E-state index contributed by atoms with van der Waals surface area (Å²) in [6, 6.07) is 0. The third kappa shape index (κ3) is 3.31. The van der Waals surface area contributed by atoms with Gasteiger partial charge in [-0.2, -0.15) is 16.7 Å². The van der Waals surface area contributed by atoms with Gasteiger partial charge in [0.25, 0.3) is 0 Å². The van der Waals surface area contributed by atoms with Crippen LogP contribution in [0.25, 0.3) is 6.08 Å². The van der Waals surface area contributed by atoms with Gasteiger partial charge in [-0.25, -0.2) is 9.78 Å². The van der Waals surface area contributed by atoms with E-state index in [1.54, 1.807) is 0 Å². The van der Waals surface area contributed by atoms with Gasteiger partial charge in [0.15, 0.2) is 0 Å². The summed E-state index contributed by atoms with van der Waals surface area (Å²) in [7, 11) is -3.88. The lowest BCUT2D eigenvalue weighted by molar-refractivity contribution is -0.132. The maximum Gasteiger partial charge on any atom is 0.331 e. The van der Waals surface area contributed by atoms with Gasteiger partial charge < -0.3 is 5.11 Å². The molecule has 3 rings (SSSR count). The van der Waals surface area contributed by atoms with E-state index in [0.717, 1.165) is 23.2 Å². The predicted molar refractivity (Wildman–Crippen MR) is 90.2 cm³/mol. The average molecular weight is 368 g/mol. The number of anilines is 1. The second kappa shape index (κ2) is 6.60. The maximum absolute atomic E-state index is 13.1. The molecule has 0 radical (unpaired) electrons. The quantitative estimate of drug-likeness (QED) is 0.812. The molecule has 136 valence electrons. The van der Waals surface area contributed by atoms with Crippen LogP contribution in [0, 0.1) is 0 Å². The number of nitrogens with zero attached hydrogens (tertiary/aromatic N) is 3. The first-order valence-electron chi connectivity index (χ1n) is 8.14. The smallest absolute Gasteiger partial charge is 0.331 e. The summed E-state index contributed by atoms with van der Waals surface area (Å²) in [5.74, 6) is -1.59. The highest BCUT2D eigenvalue weighted by molar-refractivity contribution is 7.87. The van der Waals surface area contributed by atoms with Gasteiger partial charge in [-0.05, 0) is 31.8 Å². The number of aromatic nitrogens is 2. The van der Waals surface area contributed by atoms with Crippen LogP contribution in [0.4, 0.5) is 5.95 Å². The Labute approximate surface area is 145 Å². The maximum atomic E-state index is 13.1. The van der Waals surface area contributed by atoms with Crippen LogP contribution in [0.3, 0.4) is 0 Å². The number of piperidine rings is 1. The standard InChI is InChI=1S/C15H20N4O5S/c1-10(20)16-15-17-12-9-11(14(21)22)5-6-13(12)19(15)25(23,24)18-7-3-2-4-8-18/h9H,2-8H2,1H3,(H,21,22)(H,16,17,20). The SMILES string of the molecule is CC(=O)Nc1nc2c(n1S(=O)(=O)N1CCCCC1)CCC(C(=O)O)=C2. The Kier molecular flexibility index (Phi) is 4.65. The van der Waals surface area contributed by atoms with E-state index >= 15 is 0 Å². The van der Waals surface area contributed by atoms with Crippen molar-refractivity contribution in [3.05, 3.63) is 17.0 Å². The second-order valence-electron chi connectivity index (χ2n) is 6.16. The van der Waals surface area contributed by atoms with E-state index in [1.165, 1.54) is 17.3 Å². The van der Waals surface area contributed by atoms with Crippen LogP contribution in [0.15, 0.2) is 5.57 Å². The summed E-state index contributed by atoms with van der Waals surface area (Å²) < 4.78 is 28.6. The number of hydrogen-bond donors (Lipinski definition) is 2. The Hall–Kier alpha value is -2.20. The van der Waals surface area contributed by atoms with Gasteiger partial charge in [-0.3, -0.25) is 10.1 Å². The number of carbonyl (C=O) groups is 2. The molecule has 0 aromatic carbocycles. The summed E-state index contributed by atoms with van der Waals surface area (Å²) in [4.78, 5) is 26.8. The fraction of sp³-hybridized carbons (Fsp3) is 0.533. The van der Waals surface area contributed by atoms with E-state index in [9.17, 15) is 18.0 Å². The zero-order valence-electron chi connectivity index (χ0n) is 13.9. The van der Waals surface area contributed by atoms with E-state index < -0.39 is 22.1 Å². The fourth-order valence-electron chi connectivity index (χ4n) is 3.16. The van der Waals surface area contributed by atoms with Crippen molar-refractivity contribution in [2.24, 2.45) is 0 Å². The monoisotopic (exact) mass is 368 g/mol. The second-order valence-corrected chi connectivity index (χ2v) is 7.93. The van der Waals surface area contributed by atoms with E-state index in [-0.39, 0.29) is 30.1 Å². The zero-order chi connectivity index (χ0) is 18.2. The number of nitrogens with one attached hydrogen (secondary N) is 1. The van der Waals surface area contributed by atoms with Gasteiger partial charge in [0.05, 0.1) is 11.4 Å². The number of hydrogen-bond acceptors (Lipinski definition) is 5. The molecule has 9 nitrogen and oxygen atoms in total. The fourth-order valence-corrected chi connectivity index (χ4v) is 4.87. The first-order valence-corrected chi connectivity index (χ1v) is 9.54. The Balaban J connectivity index is 2.11. The number of carboxylic acid groups (broad SMARTS) is 1. The van der Waals surface area contributed by atoms with Crippen LogP contribution >= 0.6 is 0 Å². The van der Waals surface area contributed by atoms with Crippen LogP contribution < -0.4 is 5.32 Å². The van der Waals surface area contributed by atoms with E-state index in [2.05, 4.69) is 10.3 Å². The van der Waals surface area contributed by atoms with Crippen LogP contribution in [0.5, 0.6) is 0 Å². The van der Waals surface area contributed by atoms with Crippen molar-refractivity contribution in [3.63, 3.8) is 0 Å². The molecule has 0 atom stereocenters. The summed E-state index contributed by atoms with van der Waals surface area (Å²) in [6.45, 7) is 2.11. The molecule has 1 aliphatic carbocycles. The molecule has 25 heavy (non-hydrogen) atoms. The van der Waals surface area contributed by atoms with Crippen molar-refractivity contribution >= 4 is 34.1 Å². The molecule has 1 amide bonds. The molecule has 0 unspecified atom stereocenters. The van der Waals surface area contributed by atoms with E-state index in [4.69, 9.17) is 5.11 Å². The highest BCUT2D eigenvalue weighted by Crippen LogP contribution is 2.30. The van der Waals surface area contributed by atoms with Gasteiger partial charge in [0, 0.05) is 25.6 Å². The molecule has 1 fully saturated rings. The highest BCUT2D eigenvalue weighted by atomic mass is 32.2. The third-order valence-corrected chi connectivity index (χ3v) is 6.21. The summed E-state index contributed by atoms with van der Waals surface area (Å²) >= 11 is 0. The summed E-state index contributed by atoms with van der Waals surface area (Å²) in [5, 5.41) is 11.6. The molecule has 0 spiro atoms. The average Bonchev–Trinajstić information content (AvgIpc) is 2.92. The van der Waals surface area contributed by atoms with Crippen molar-refractivity contribution in [2.75, 3.05) is 18.4 Å². The summed E-state index contributed by atoms with van der Waals surface area (Å²) in [6.07, 6.45) is 4.37. The molecule has 2 heterocycles. The van der Waals surface area contributed by atoms with Crippen molar-refractivity contribution in [1.82, 2.24) is 13.3 Å². The molecule has 0 saturated carbocycles. The van der Waals surface area contributed by atoms with Gasteiger partial charge in [-0.15, -0.1) is 0 Å². The first kappa shape index (κ1) is 17.6. The van der Waals surface area contributed by atoms with Crippen LogP contribution in [0.2, 0.25) is 0 Å². The molecular weight excluding hydrogens is 348 g/mol. The minimum absolute atomic E-state index is 0.0917. The first-order chi connectivity index (χ1) is 11.8. The molecule has 1 aliphatic heterocycles. The van der Waals surface area contributed by atoms with Crippen molar-refractivity contribution < 1.29 is 23.1 Å². The number of imidazole rings is 1. The lowest BCUT2D eigenvalue weighted by atomic mass is 10.0. The topological polar surface area (TPSA) is 122 Å². The number of carbonyl (C=O) groups excluding carboxylic acids is 1. The van der Waals surface area contributed by atoms with Crippen LogP contribution in [0.1, 0.15) is 44.0 Å². The number of amides is 1. The normalized spacial score (nSPS) is 18.4. The van der Waals surface area contributed by atoms with Gasteiger partial charge in [0.2, 0.25) is 11.9 Å². The molecular formula is C15H20N4O5S. The van der Waals surface area contributed by atoms with Crippen molar-refractivity contribution in [1.29, 1.82) is 0 Å². The number of carboxylic acids is 1. The Morgan fingerprint density at radius 3 is 2.48 bits per heavy atom. The molecule has 1 saturated heterocycles. The molecule has 10 heteroatoms. The minimum atomic E-state index is -3.88. The number of rotatable bonds is 4. The zero-order valence-corrected chi connectivity index (χ0v) is 14.7. The molecule has 0 bridgehead atoms. The van der Waals surface area contributed by atoms with Crippen molar-refractivity contribution in [2.45, 2.75) is 39.0 Å². The van der Waals surface area contributed by atoms with Gasteiger partial charge >= 0.3 is 16.2 Å². The molecule has 2 N–H and O–H groups in total. The highest BCUT2D eigenvalue weighted by Gasteiger charge is 2.33. The lowest BCUT2D eigenvalue weighted by Crippen LogP contribution is -2.40. The number of aliphatic carboxylic acids is 1. The van der Waals surface area contributed by atoms with Crippen LogP contribution in [-0.2, 0) is 26.2 Å². The van der Waals surface area contributed by atoms with Gasteiger partial charge in [-0.1, -0.05) is 6.42 Å². The predicted octanol–water partition coefficient (Wildman–Crippen LogP) is 0.834. The van der Waals surface area contributed by atoms with Crippen molar-refractivity contribution in [3.8, 4) is 0 Å². The summed E-state index contributed by atoms with van der Waals surface area (Å²) in [5.41, 5.74) is 0.842. The largest absolute Gasteiger partial charge is 0.478 e. The van der Waals surface area contributed by atoms with Gasteiger partial charge in [0.1, 0.15) is 0 Å². The van der Waals surface area contributed by atoms with E-state index in [1.807, 2.05) is 0 Å². The molecule has 1 aromatic rings. The van der Waals surface area contributed by atoms with E-state index in [0.29, 0.717) is 18.8 Å². The lowest BCUT2D eigenvalue weighted by Gasteiger charge is -2.27. The molecule has 1 aromatic heterocycles. The van der Waals surface area contributed by atoms with Crippen LogP contribution in [-0.4, -0.2) is 51.8 Å². The Morgan fingerprint density at radius 2 is 1.88 bits per heavy atom.